The third kappa shape index (κ3) is 8.01. The number of piperazine rings is 1. The molecular formula is C27H34N4O4. The van der Waals surface area contributed by atoms with Crippen LogP contribution in [0.15, 0.2) is 48.5 Å². The highest BCUT2D eigenvalue weighted by atomic mass is 16.6. The first-order valence-electron chi connectivity index (χ1n) is 11.9. The van der Waals surface area contributed by atoms with Gasteiger partial charge in [0.15, 0.2) is 0 Å². The standard InChI is InChI=1S/C27H34N4O4/c1-20(29-26(33)35-27(2,3)4)25(32)31-15-13-30(14-16-31)17-18-34-24-11-9-23(10-12-24)22-7-5-21(19-28)6-8-22/h5-12,20H,13-18H2,1-4H3,(H,29,33)/t20-/m1/s1. The number of benzene rings is 2. The van der Waals surface area contributed by atoms with Crippen LogP contribution >= 0.6 is 0 Å². The number of nitrogens with zero attached hydrogens (tertiary/aromatic N) is 3. The minimum absolute atomic E-state index is 0.103. The SMILES string of the molecule is C[C@@H](NC(=O)OC(C)(C)C)C(=O)N1CCN(CCOc2ccc(-c3ccc(C#N)cc3)cc2)CC1. The van der Waals surface area contributed by atoms with Crippen molar-refractivity contribution in [2.45, 2.75) is 39.3 Å². The number of rotatable bonds is 7. The predicted octanol–water partition coefficient (Wildman–Crippen LogP) is 3.66. The molecular weight excluding hydrogens is 444 g/mol. The normalized spacial score (nSPS) is 15.1. The molecule has 8 nitrogen and oxygen atoms in total. The molecule has 1 atom stereocenters. The fraction of sp³-hybridized carbons (Fsp3) is 0.444. The Morgan fingerprint density at radius 1 is 1.00 bits per heavy atom. The summed E-state index contributed by atoms with van der Waals surface area (Å²) in [5.74, 6) is 0.701. The molecule has 2 aromatic rings. The lowest BCUT2D eigenvalue weighted by Gasteiger charge is -2.36. The van der Waals surface area contributed by atoms with Crippen molar-refractivity contribution in [2.75, 3.05) is 39.3 Å². The van der Waals surface area contributed by atoms with E-state index in [9.17, 15) is 9.59 Å². The van der Waals surface area contributed by atoms with E-state index in [1.54, 1.807) is 32.6 Å². The van der Waals surface area contributed by atoms with Crippen LogP contribution in [-0.2, 0) is 9.53 Å². The number of ether oxygens (including phenoxy) is 2. The average molecular weight is 479 g/mol. The van der Waals surface area contributed by atoms with E-state index >= 15 is 0 Å². The number of hydrogen-bond donors (Lipinski definition) is 1. The van der Waals surface area contributed by atoms with Crippen LogP contribution in [0.5, 0.6) is 5.75 Å². The van der Waals surface area contributed by atoms with Crippen LogP contribution in [0.4, 0.5) is 4.79 Å². The zero-order valence-electron chi connectivity index (χ0n) is 20.9. The van der Waals surface area contributed by atoms with Gasteiger partial charge in [0, 0.05) is 32.7 Å². The minimum Gasteiger partial charge on any atom is -0.492 e. The van der Waals surface area contributed by atoms with E-state index in [0.717, 1.165) is 36.5 Å². The Labute approximate surface area is 207 Å². The summed E-state index contributed by atoms with van der Waals surface area (Å²) in [5, 5.41) is 11.5. The molecule has 0 radical (unpaired) electrons. The Kier molecular flexibility index (Phi) is 8.72. The van der Waals surface area contributed by atoms with E-state index < -0.39 is 17.7 Å². The molecule has 1 aliphatic heterocycles. The molecule has 2 aromatic carbocycles. The van der Waals surface area contributed by atoms with E-state index in [1.807, 2.05) is 48.5 Å². The Morgan fingerprint density at radius 2 is 1.57 bits per heavy atom. The van der Waals surface area contributed by atoms with E-state index in [2.05, 4.69) is 16.3 Å². The third-order valence-corrected chi connectivity index (χ3v) is 5.67. The lowest BCUT2D eigenvalue weighted by Crippen LogP contribution is -2.54. The summed E-state index contributed by atoms with van der Waals surface area (Å²) in [6.45, 7) is 11.1. The van der Waals surface area contributed by atoms with Gasteiger partial charge < -0.3 is 19.7 Å². The zero-order valence-corrected chi connectivity index (χ0v) is 20.9. The minimum atomic E-state index is -0.632. The first-order chi connectivity index (χ1) is 16.6. The highest BCUT2D eigenvalue weighted by Crippen LogP contribution is 2.23. The van der Waals surface area contributed by atoms with Crippen molar-refractivity contribution in [3.8, 4) is 22.9 Å². The van der Waals surface area contributed by atoms with E-state index in [0.29, 0.717) is 25.3 Å². The molecule has 186 valence electrons. The summed E-state index contributed by atoms with van der Waals surface area (Å²) in [6, 6.07) is 16.9. The molecule has 2 amide bonds. The molecule has 0 unspecified atom stereocenters. The van der Waals surface area contributed by atoms with Crippen LogP contribution in [0.1, 0.15) is 33.3 Å². The number of nitriles is 1. The van der Waals surface area contributed by atoms with Crippen LogP contribution in [0.2, 0.25) is 0 Å². The summed E-state index contributed by atoms with van der Waals surface area (Å²) in [5.41, 5.74) is 2.16. The van der Waals surface area contributed by atoms with E-state index in [1.165, 1.54) is 0 Å². The van der Waals surface area contributed by atoms with Gasteiger partial charge in [0.2, 0.25) is 5.91 Å². The van der Waals surface area contributed by atoms with Crippen molar-refractivity contribution in [2.24, 2.45) is 0 Å². The van der Waals surface area contributed by atoms with Gasteiger partial charge in [0.25, 0.3) is 0 Å². The van der Waals surface area contributed by atoms with Crippen LogP contribution in [-0.4, -0.2) is 72.8 Å². The second-order valence-electron chi connectivity index (χ2n) is 9.60. The van der Waals surface area contributed by atoms with Crippen LogP contribution in [0.3, 0.4) is 0 Å². The molecule has 0 spiro atoms. The van der Waals surface area contributed by atoms with E-state index in [4.69, 9.17) is 14.7 Å². The molecule has 0 bridgehead atoms. The van der Waals surface area contributed by atoms with Crippen molar-refractivity contribution < 1.29 is 19.1 Å². The lowest BCUT2D eigenvalue weighted by atomic mass is 10.0. The molecule has 0 aliphatic carbocycles. The lowest BCUT2D eigenvalue weighted by molar-refractivity contribution is -0.134. The summed E-state index contributed by atoms with van der Waals surface area (Å²) in [4.78, 5) is 28.6. The Bertz CT molecular complexity index is 1030. The Balaban J connectivity index is 1.38. The second-order valence-corrected chi connectivity index (χ2v) is 9.60. The van der Waals surface area contributed by atoms with Crippen molar-refractivity contribution in [3.63, 3.8) is 0 Å². The number of alkyl carbamates (subject to hydrolysis) is 1. The molecule has 35 heavy (non-hydrogen) atoms. The maximum atomic E-state index is 12.7. The Morgan fingerprint density at radius 3 is 2.11 bits per heavy atom. The zero-order chi connectivity index (χ0) is 25.4. The van der Waals surface area contributed by atoms with Gasteiger partial charge in [-0.2, -0.15) is 5.26 Å². The largest absolute Gasteiger partial charge is 0.492 e. The molecule has 3 rings (SSSR count). The summed E-state index contributed by atoms with van der Waals surface area (Å²) in [6.07, 6.45) is -0.584. The topological polar surface area (TPSA) is 94.9 Å². The van der Waals surface area contributed by atoms with Gasteiger partial charge in [0.1, 0.15) is 24.0 Å². The number of carbonyl (C=O) groups excluding carboxylic acids is 2. The molecule has 0 saturated carbocycles. The first kappa shape index (κ1) is 26.0. The molecule has 1 aliphatic rings. The fourth-order valence-corrected chi connectivity index (χ4v) is 3.79. The Hall–Kier alpha value is -3.57. The van der Waals surface area contributed by atoms with Gasteiger partial charge >= 0.3 is 6.09 Å². The van der Waals surface area contributed by atoms with Gasteiger partial charge in [-0.05, 0) is 63.1 Å². The maximum absolute atomic E-state index is 12.7. The number of amides is 2. The van der Waals surface area contributed by atoms with Gasteiger partial charge in [-0.1, -0.05) is 24.3 Å². The summed E-state index contributed by atoms with van der Waals surface area (Å²) in [7, 11) is 0. The molecule has 1 fully saturated rings. The van der Waals surface area contributed by atoms with Crippen LogP contribution in [0.25, 0.3) is 11.1 Å². The van der Waals surface area contributed by atoms with Gasteiger partial charge in [-0.3, -0.25) is 9.69 Å². The molecule has 8 heteroatoms. The first-order valence-corrected chi connectivity index (χ1v) is 11.9. The maximum Gasteiger partial charge on any atom is 0.408 e. The number of carbonyl (C=O) groups is 2. The molecule has 1 saturated heterocycles. The van der Waals surface area contributed by atoms with Crippen molar-refractivity contribution in [1.82, 2.24) is 15.1 Å². The number of nitrogens with one attached hydrogen (secondary N) is 1. The molecule has 1 N–H and O–H groups in total. The summed E-state index contributed by atoms with van der Waals surface area (Å²) < 4.78 is 11.1. The molecule has 0 aromatic heterocycles. The molecule has 1 heterocycles. The van der Waals surface area contributed by atoms with Crippen LogP contribution in [0, 0.1) is 11.3 Å². The average Bonchev–Trinajstić information content (AvgIpc) is 2.83. The monoisotopic (exact) mass is 478 g/mol. The van der Waals surface area contributed by atoms with Crippen LogP contribution < -0.4 is 10.1 Å². The van der Waals surface area contributed by atoms with E-state index in [-0.39, 0.29) is 5.91 Å². The highest BCUT2D eigenvalue weighted by Gasteiger charge is 2.27. The summed E-state index contributed by atoms with van der Waals surface area (Å²) >= 11 is 0. The van der Waals surface area contributed by atoms with Crippen molar-refractivity contribution in [3.05, 3.63) is 54.1 Å². The third-order valence-electron chi connectivity index (χ3n) is 5.67. The van der Waals surface area contributed by atoms with Crippen molar-refractivity contribution in [1.29, 1.82) is 5.26 Å². The fourth-order valence-electron chi connectivity index (χ4n) is 3.79. The second kappa shape index (κ2) is 11.7. The smallest absolute Gasteiger partial charge is 0.408 e. The number of hydrogen-bond acceptors (Lipinski definition) is 6. The highest BCUT2D eigenvalue weighted by molar-refractivity contribution is 5.85. The van der Waals surface area contributed by atoms with Gasteiger partial charge in [-0.15, -0.1) is 0 Å². The van der Waals surface area contributed by atoms with Gasteiger partial charge in [-0.25, -0.2) is 4.79 Å². The predicted molar refractivity (Wildman–Crippen MR) is 134 cm³/mol. The quantitative estimate of drug-likeness (QED) is 0.653. The van der Waals surface area contributed by atoms with Crippen molar-refractivity contribution >= 4 is 12.0 Å². The van der Waals surface area contributed by atoms with Gasteiger partial charge in [0.05, 0.1) is 11.6 Å².